The summed E-state index contributed by atoms with van der Waals surface area (Å²) in [6.07, 6.45) is 0.358. The summed E-state index contributed by atoms with van der Waals surface area (Å²) in [4.78, 5) is 26.5. The molecule has 1 saturated heterocycles. The van der Waals surface area contributed by atoms with Gasteiger partial charge in [0.2, 0.25) is 0 Å². The van der Waals surface area contributed by atoms with E-state index in [1.165, 1.54) is 4.90 Å². The Bertz CT molecular complexity index is 664. The van der Waals surface area contributed by atoms with E-state index < -0.39 is 11.1 Å². The van der Waals surface area contributed by atoms with Gasteiger partial charge in [0, 0.05) is 28.9 Å². The summed E-state index contributed by atoms with van der Waals surface area (Å²) in [5.41, 5.74) is -1.06. The highest BCUT2D eigenvalue weighted by Gasteiger charge is 2.58. The molecular weight excluding hydrogens is 372 g/mol. The summed E-state index contributed by atoms with van der Waals surface area (Å²) < 4.78 is 5.95. The van der Waals surface area contributed by atoms with Crippen LogP contribution in [-0.2, 0) is 10.3 Å². The molecule has 0 bridgehead atoms. The zero-order chi connectivity index (χ0) is 16.1. The molecule has 5 nitrogen and oxygen atoms in total. The molecule has 1 unspecified atom stereocenters. The van der Waals surface area contributed by atoms with E-state index in [1.807, 2.05) is 13.8 Å². The minimum Gasteiger partial charge on any atom is -0.487 e. The van der Waals surface area contributed by atoms with Gasteiger partial charge < -0.3 is 10.1 Å². The number of hydrogen-bond acceptors (Lipinski definition) is 3. The maximum absolute atomic E-state index is 13.0. The lowest BCUT2D eigenvalue weighted by Crippen LogP contribution is -2.53. The lowest BCUT2D eigenvalue weighted by molar-refractivity contribution is -0.134. The van der Waals surface area contributed by atoms with Gasteiger partial charge in [-0.3, -0.25) is 9.69 Å². The zero-order valence-electron chi connectivity index (χ0n) is 12.3. The molecule has 0 saturated carbocycles. The molecule has 1 spiro atoms. The van der Waals surface area contributed by atoms with Crippen LogP contribution >= 0.6 is 27.5 Å². The van der Waals surface area contributed by atoms with Gasteiger partial charge in [-0.15, -0.1) is 0 Å². The minimum atomic E-state index is -1.11. The van der Waals surface area contributed by atoms with Crippen LogP contribution in [0.1, 0.15) is 25.8 Å². The molecule has 3 rings (SSSR count). The summed E-state index contributed by atoms with van der Waals surface area (Å²) in [6.45, 7) is 4.13. The first-order valence-electron chi connectivity index (χ1n) is 6.98. The van der Waals surface area contributed by atoms with E-state index in [0.29, 0.717) is 34.6 Å². The highest BCUT2D eigenvalue weighted by molar-refractivity contribution is 9.09. The van der Waals surface area contributed by atoms with Crippen molar-refractivity contribution in [3.8, 4) is 5.75 Å². The number of nitrogens with zero attached hydrogens (tertiary/aromatic N) is 1. The summed E-state index contributed by atoms with van der Waals surface area (Å²) >= 11 is 9.36. The van der Waals surface area contributed by atoms with Crippen LogP contribution in [0.15, 0.2) is 18.2 Å². The first kappa shape index (κ1) is 15.6. The standard InChI is InChI=1S/C15H16BrClN2O3/c1-14(2)8-15(10-7-9(17)3-4-11(10)22-14)12(20)19(6-5-16)13(21)18-15/h3-4,7H,5-6,8H2,1-2H3,(H,18,21). The van der Waals surface area contributed by atoms with E-state index in [9.17, 15) is 9.59 Å². The Balaban J connectivity index is 2.16. The van der Waals surface area contributed by atoms with Crippen molar-refractivity contribution in [2.24, 2.45) is 0 Å². The van der Waals surface area contributed by atoms with E-state index in [-0.39, 0.29) is 11.9 Å². The number of rotatable bonds is 2. The number of ether oxygens (including phenoxy) is 1. The molecule has 1 aromatic rings. The fraction of sp³-hybridized carbons (Fsp3) is 0.467. The second-order valence-corrected chi connectivity index (χ2v) is 7.39. The van der Waals surface area contributed by atoms with Crippen LogP contribution < -0.4 is 10.1 Å². The normalized spacial score (nSPS) is 25.9. The number of amides is 3. The van der Waals surface area contributed by atoms with E-state index in [2.05, 4.69) is 21.2 Å². The SMILES string of the molecule is CC1(C)CC2(NC(=O)N(CCBr)C2=O)c2cc(Cl)ccc2O1. The van der Waals surface area contributed by atoms with E-state index in [4.69, 9.17) is 16.3 Å². The third kappa shape index (κ3) is 2.29. The average Bonchev–Trinajstić information content (AvgIpc) is 2.64. The third-order valence-electron chi connectivity index (χ3n) is 3.96. The van der Waals surface area contributed by atoms with Crippen molar-refractivity contribution < 1.29 is 14.3 Å². The number of fused-ring (bicyclic) bond motifs is 2. The van der Waals surface area contributed by atoms with Gasteiger partial charge >= 0.3 is 6.03 Å². The number of benzene rings is 1. The van der Waals surface area contributed by atoms with Gasteiger partial charge in [-0.1, -0.05) is 27.5 Å². The van der Waals surface area contributed by atoms with Gasteiger partial charge in [0.25, 0.3) is 5.91 Å². The van der Waals surface area contributed by atoms with E-state index in [0.717, 1.165) is 0 Å². The molecule has 3 amide bonds. The summed E-state index contributed by atoms with van der Waals surface area (Å²) in [7, 11) is 0. The molecule has 7 heteroatoms. The molecule has 2 heterocycles. The summed E-state index contributed by atoms with van der Waals surface area (Å²) in [5, 5.41) is 3.91. The second kappa shape index (κ2) is 5.13. The van der Waals surface area contributed by atoms with Crippen LogP contribution in [0.3, 0.4) is 0 Å². The van der Waals surface area contributed by atoms with Gasteiger partial charge in [-0.2, -0.15) is 0 Å². The molecule has 1 fully saturated rings. The first-order valence-corrected chi connectivity index (χ1v) is 8.48. The van der Waals surface area contributed by atoms with E-state index >= 15 is 0 Å². The Labute approximate surface area is 142 Å². The number of carbonyl (C=O) groups is 2. The predicted octanol–water partition coefficient (Wildman–Crippen LogP) is 3.04. The maximum Gasteiger partial charge on any atom is 0.325 e. The van der Waals surface area contributed by atoms with Crippen molar-refractivity contribution in [3.05, 3.63) is 28.8 Å². The smallest absolute Gasteiger partial charge is 0.325 e. The fourth-order valence-corrected chi connectivity index (χ4v) is 3.74. The van der Waals surface area contributed by atoms with Crippen LogP contribution in [0.5, 0.6) is 5.75 Å². The van der Waals surface area contributed by atoms with Crippen LogP contribution in [0.4, 0.5) is 4.79 Å². The highest BCUT2D eigenvalue weighted by atomic mass is 79.9. The van der Waals surface area contributed by atoms with Crippen LogP contribution in [0.25, 0.3) is 0 Å². The number of carbonyl (C=O) groups excluding carboxylic acids is 2. The molecule has 0 aliphatic carbocycles. The molecule has 0 aromatic heterocycles. The summed E-state index contributed by atoms with van der Waals surface area (Å²) in [5.74, 6) is 0.326. The van der Waals surface area contributed by atoms with Crippen molar-refractivity contribution in [2.75, 3.05) is 11.9 Å². The first-order chi connectivity index (χ1) is 10.3. The number of urea groups is 1. The molecule has 2 aliphatic rings. The van der Waals surface area contributed by atoms with Crippen molar-refractivity contribution >= 4 is 39.5 Å². The van der Waals surface area contributed by atoms with Crippen LogP contribution in [-0.4, -0.2) is 34.3 Å². The molecule has 22 heavy (non-hydrogen) atoms. The van der Waals surface area contributed by atoms with Gasteiger partial charge in [-0.25, -0.2) is 4.79 Å². The maximum atomic E-state index is 13.0. The van der Waals surface area contributed by atoms with E-state index in [1.54, 1.807) is 18.2 Å². The number of halogens is 2. The molecule has 1 aromatic carbocycles. The Morgan fingerprint density at radius 2 is 2.14 bits per heavy atom. The Hall–Kier alpha value is -1.27. The summed E-state index contributed by atoms with van der Waals surface area (Å²) in [6, 6.07) is 4.77. The zero-order valence-corrected chi connectivity index (χ0v) is 14.6. The highest BCUT2D eigenvalue weighted by Crippen LogP contribution is 2.47. The number of imide groups is 1. The number of nitrogens with one attached hydrogen (secondary N) is 1. The Kier molecular flexibility index (Phi) is 3.64. The third-order valence-corrected chi connectivity index (χ3v) is 4.55. The van der Waals surface area contributed by atoms with Gasteiger partial charge in [0.1, 0.15) is 11.4 Å². The Morgan fingerprint density at radius 1 is 1.41 bits per heavy atom. The molecular formula is C15H16BrClN2O3. The lowest BCUT2D eigenvalue weighted by atomic mass is 9.77. The predicted molar refractivity (Wildman–Crippen MR) is 86.5 cm³/mol. The molecule has 1 atom stereocenters. The molecule has 0 radical (unpaired) electrons. The van der Waals surface area contributed by atoms with Crippen LogP contribution in [0, 0.1) is 0 Å². The second-order valence-electron chi connectivity index (χ2n) is 6.16. The van der Waals surface area contributed by atoms with Crippen LogP contribution in [0.2, 0.25) is 5.02 Å². The van der Waals surface area contributed by atoms with Gasteiger partial charge in [0.15, 0.2) is 5.54 Å². The molecule has 2 aliphatic heterocycles. The van der Waals surface area contributed by atoms with Crippen molar-refractivity contribution in [1.82, 2.24) is 10.2 Å². The minimum absolute atomic E-state index is 0.253. The molecule has 1 N–H and O–H groups in total. The fourth-order valence-electron chi connectivity index (χ4n) is 3.21. The quantitative estimate of drug-likeness (QED) is 0.627. The number of alkyl halides is 1. The monoisotopic (exact) mass is 386 g/mol. The Morgan fingerprint density at radius 3 is 2.82 bits per heavy atom. The topological polar surface area (TPSA) is 58.6 Å². The van der Waals surface area contributed by atoms with Crippen molar-refractivity contribution in [3.63, 3.8) is 0 Å². The average molecular weight is 388 g/mol. The largest absolute Gasteiger partial charge is 0.487 e. The number of hydrogen-bond donors (Lipinski definition) is 1. The lowest BCUT2D eigenvalue weighted by Gasteiger charge is -2.42. The molecule has 118 valence electrons. The van der Waals surface area contributed by atoms with Gasteiger partial charge in [0.05, 0.1) is 0 Å². The van der Waals surface area contributed by atoms with Crippen molar-refractivity contribution in [2.45, 2.75) is 31.4 Å². The van der Waals surface area contributed by atoms with Crippen molar-refractivity contribution in [1.29, 1.82) is 0 Å². The van der Waals surface area contributed by atoms with Gasteiger partial charge in [-0.05, 0) is 32.0 Å².